The fourth-order valence-corrected chi connectivity index (χ4v) is 9.17. The standard InChI is InChI=1S/C40H39ClN7O5P/c41-54(50,47-21-23-51-24-22-47)52-27-34-25-46(40(31-15-7-2-8-16-31,32-17-9-3-10-18-32)33-19-11-4-12-20-33)26-35(53-34)48-29-44-36-37(42-28-43-38(36)48)45-39(49)30-13-5-1-6-14-30/h1-20,28-29,34-35H,21-27H2,(H,42,43,45,49). The van der Waals surface area contributed by atoms with Crippen molar-refractivity contribution in [1.82, 2.24) is 29.1 Å². The van der Waals surface area contributed by atoms with Gasteiger partial charge in [0.15, 0.2) is 17.0 Å². The van der Waals surface area contributed by atoms with Crippen molar-refractivity contribution in [1.29, 1.82) is 0 Å². The molecule has 0 spiro atoms. The number of halogens is 1. The Bertz CT molecular complexity index is 2130. The molecular formula is C40H39ClN7O5P. The third-order valence-electron chi connectivity index (χ3n) is 9.88. The van der Waals surface area contributed by atoms with Crippen LogP contribution in [0.3, 0.4) is 0 Å². The average molecular weight is 764 g/mol. The third kappa shape index (κ3) is 7.22. The van der Waals surface area contributed by atoms with Crippen molar-refractivity contribution < 1.29 is 23.4 Å². The van der Waals surface area contributed by atoms with Gasteiger partial charge in [0.1, 0.15) is 12.6 Å². The molecule has 2 aliphatic heterocycles. The van der Waals surface area contributed by atoms with E-state index in [1.807, 2.05) is 65.2 Å². The molecule has 0 aliphatic carbocycles. The Kier molecular flexibility index (Phi) is 10.7. The number of aromatic nitrogens is 4. The van der Waals surface area contributed by atoms with E-state index in [9.17, 15) is 9.36 Å². The van der Waals surface area contributed by atoms with Crippen LogP contribution in [-0.4, -0.2) is 87.1 Å². The Hall–Kier alpha value is -4.78. The first-order valence-electron chi connectivity index (χ1n) is 17.8. The van der Waals surface area contributed by atoms with Gasteiger partial charge in [-0.25, -0.2) is 19.6 Å². The van der Waals surface area contributed by atoms with Crippen LogP contribution in [0.5, 0.6) is 0 Å². The van der Waals surface area contributed by atoms with Gasteiger partial charge in [0, 0.05) is 31.7 Å². The monoisotopic (exact) mass is 763 g/mol. The van der Waals surface area contributed by atoms with Gasteiger partial charge in [0.2, 0.25) is 0 Å². The van der Waals surface area contributed by atoms with Gasteiger partial charge in [-0.2, -0.15) is 0 Å². The predicted molar refractivity (Wildman–Crippen MR) is 206 cm³/mol. The van der Waals surface area contributed by atoms with Gasteiger partial charge < -0.3 is 19.3 Å². The van der Waals surface area contributed by atoms with Crippen molar-refractivity contribution in [3.05, 3.63) is 156 Å². The Labute approximate surface area is 318 Å². The van der Waals surface area contributed by atoms with Gasteiger partial charge in [-0.1, -0.05) is 109 Å². The van der Waals surface area contributed by atoms with Crippen molar-refractivity contribution in [2.24, 2.45) is 0 Å². The number of ether oxygens (including phenoxy) is 2. The number of nitrogens with one attached hydrogen (secondary N) is 1. The Morgan fingerprint density at radius 2 is 1.39 bits per heavy atom. The molecule has 0 radical (unpaired) electrons. The minimum Gasteiger partial charge on any atom is -0.379 e. The molecule has 54 heavy (non-hydrogen) atoms. The molecule has 3 atom stereocenters. The van der Waals surface area contributed by atoms with Gasteiger partial charge in [0.25, 0.3) is 5.91 Å². The molecule has 8 rings (SSSR count). The van der Waals surface area contributed by atoms with Crippen molar-refractivity contribution in [3.63, 3.8) is 0 Å². The van der Waals surface area contributed by atoms with E-state index in [1.165, 1.54) is 6.33 Å². The Morgan fingerprint density at radius 3 is 1.98 bits per heavy atom. The molecule has 2 aromatic heterocycles. The number of rotatable bonds is 11. The molecule has 14 heteroatoms. The van der Waals surface area contributed by atoms with Gasteiger partial charge in [-0.3, -0.25) is 18.8 Å². The Morgan fingerprint density at radius 1 is 0.815 bits per heavy atom. The summed E-state index contributed by atoms with van der Waals surface area (Å²) in [6.45, 7) is -1.28. The minimum atomic E-state index is -3.69. The van der Waals surface area contributed by atoms with E-state index in [-0.39, 0.29) is 18.3 Å². The van der Waals surface area contributed by atoms with Crippen molar-refractivity contribution in [2.75, 3.05) is 51.3 Å². The molecule has 0 saturated carbocycles. The third-order valence-corrected chi connectivity index (χ3v) is 12.4. The molecule has 4 aromatic carbocycles. The smallest absolute Gasteiger partial charge is 0.363 e. The van der Waals surface area contributed by atoms with Crippen LogP contribution in [0.4, 0.5) is 5.82 Å². The number of amides is 1. The second-order valence-corrected chi connectivity index (χ2v) is 16.1. The first-order valence-corrected chi connectivity index (χ1v) is 20.3. The summed E-state index contributed by atoms with van der Waals surface area (Å²) >= 11 is 6.63. The number of carbonyl (C=O) groups is 1. The highest BCUT2D eigenvalue weighted by atomic mass is 35.7. The molecule has 6 aromatic rings. The molecule has 1 N–H and O–H groups in total. The van der Waals surface area contributed by atoms with Crippen LogP contribution in [-0.2, 0) is 24.1 Å². The molecule has 2 saturated heterocycles. The predicted octanol–water partition coefficient (Wildman–Crippen LogP) is 6.97. The van der Waals surface area contributed by atoms with E-state index in [4.69, 9.17) is 25.2 Å². The maximum atomic E-state index is 13.7. The van der Waals surface area contributed by atoms with Gasteiger partial charge in [-0.15, -0.1) is 0 Å². The summed E-state index contributed by atoms with van der Waals surface area (Å²) in [5.41, 5.74) is 3.76. The summed E-state index contributed by atoms with van der Waals surface area (Å²) in [6, 6.07) is 40.1. The summed E-state index contributed by atoms with van der Waals surface area (Å²) in [7, 11) is 0. The van der Waals surface area contributed by atoms with Crippen LogP contribution >= 0.6 is 18.1 Å². The first-order chi connectivity index (χ1) is 26.4. The summed E-state index contributed by atoms with van der Waals surface area (Å²) in [5.74, 6) is -0.0347. The first kappa shape index (κ1) is 36.2. The van der Waals surface area contributed by atoms with Crippen molar-refractivity contribution >= 4 is 41.0 Å². The molecular weight excluding hydrogens is 725 g/mol. The van der Waals surface area contributed by atoms with Gasteiger partial charge >= 0.3 is 6.87 Å². The molecule has 12 nitrogen and oxygen atoms in total. The number of carbonyl (C=O) groups excluding carboxylic acids is 1. The zero-order valence-corrected chi connectivity index (χ0v) is 31.0. The Balaban J connectivity index is 1.21. The number of hydrogen-bond acceptors (Lipinski definition) is 9. The quantitative estimate of drug-likeness (QED) is 0.109. The van der Waals surface area contributed by atoms with Crippen molar-refractivity contribution in [3.8, 4) is 0 Å². The maximum Gasteiger partial charge on any atom is 0.363 e. The average Bonchev–Trinajstić information content (AvgIpc) is 3.68. The van der Waals surface area contributed by atoms with E-state index in [2.05, 4.69) is 61.6 Å². The van der Waals surface area contributed by atoms with Crippen LogP contribution in [0, 0.1) is 0 Å². The van der Waals surface area contributed by atoms with Crippen LogP contribution in [0.25, 0.3) is 11.2 Å². The fraction of sp³-hybridized carbons (Fsp3) is 0.250. The molecule has 0 bridgehead atoms. The maximum absolute atomic E-state index is 13.7. The summed E-state index contributed by atoms with van der Waals surface area (Å²) < 4.78 is 35.6. The van der Waals surface area contributed by atoms with E-state index in [0.717, 1.165) is 16.7 Å². The summed E-state index contributed by atoms with van der Waals surface area (Å²) in [5, 5.41) is 2.90. The lowest BCUT2D eigenvalue weighted by atomic mass is 9.75. The second-order valence-electron chi connectivity index (χ2n) is 13.1. The number of morpholine rings is 2. The lowest BCUT2D eigenvalue weighted by molar-refractivity contribution is -0.145. The largest absolute Gasteiger partial charge is 0.379 e. The second kappa shape index (κ2) is 15.9. The highest BCUT2D eigenvalue weighted by Crippen LogP contribution is 2.56. The summed E-state index contributed by atoms with van der Waals surface area (Å²) in [4.78, 5) is 29.2. The highest BCUT2D eigenvalue weighted by molar-refractivity contribution is 7.83. The minimum absolute atomic E-state index is 0.0421. The van der Waals surface area contributed by atoms with Crippen LogP contribution in [0.15, 0.2) is 134 Å². The van der Waals surface area contributed by atoms with E-state index in [1.54, 1.807) is 35.3 Å². The normalized spacial score (nSPS) is 19.6. The van der Waals surface area contributed by atoms with Crippen molar-refractivity contribution in [2.45, 2.75) is 17.9 Å². The lowest BCUT2D eigenvalue weighted by Crippen LogP contribution is -2.57. The van der Waals surface area contributed by atoms with E-state index >= 15 is 0 Å². The molecule has 4 heterocycles. The molecule has 2 aliphatic rings. The van der Waals surface area contributed by atoms with Gasteiger partial charge in [0.05, 0.1) is 37.8 Å². The van der Waals surface area contributed by atoms with Gasteiger partial charge in [-0.05, 0) is 40.1 Å². The number of benzene rings is 4. The number of fused-ring (bicyclic) bond motifs is 1. The molecule has 3 unspecified atom stereocenters. The number of anilines is 1. The highest BCUT2D eigenvalue weighted by Gasteiger charge is 2.47. The summed E-state index contributed by atoms with van der Waals surface area (Å²) in [6.07, 6.45) is 1.80. The van der Waals surface area contributed by atoms with Crippen LogP contribution in [0.2, 0.25) is 0 Å². The topological polar surface area (TPSA) is 124 Å². The number of imidazole rings is 1. The zero-order valence-electron chi connectivity index (χ0n) is 29.4. The molecule has 1 amide bonds. The van der Waals surface area contributed by atoms with E-state index < -0.39 is 24.7 Å². The number of nitrogens with zero attached hydrogens (tertiary/aromatic N) is 6. The fourth-order valence-electron chi connectivity index (χ4n) is 7.39. The molecule has 276 valence electrons. The SMILES string of the molecule is O=C(Nc1ncnc2c1ncn2C1CN(C(c2ccccc2)(c2ccccc2)c2ccccc2)CC(COP(=O)(Cl)N2CCOCC2)O1)c1ccccc1. The molecule has 2 fully saturated rings. The zero-order chi connectivity index (χ0) is 37.0. The van der Waals surface area contributed by atoms with Crippen LogP contribution in [0.1, 0.15) is 33.3 Å². The lowest BCUT2D eigenvalue weighted by Gasteiger charge is -2.50. The number of hydrogen-bond donors (Lipinski definition) is 1. The van der Waals surface area contributed by atoms with E-state index in [0.29, 0.717) is 56.1 Å². The van der Waals surface area contributed by atoms with Crippen LogP contribution < -0.4 is 5.32 Å².